The molecule has 2 heterocycles. The summed E-state index contributed by atoms with van der Waals surface area (Å²) in [5.74, 6) is 0.376. The van der Waals surface area contributed by atoms with Gasteiger partial charge in [0.25, 0.3) is 0 Å². The molecule has 2 aromatic rings. The van der Waals surface area contributed by atoms with Crippen molar-refractivity contribution in [1.82, 2.24) is 4.90 Å². The van der Waals surface area contributed by atoms with E-state index in [4.69, 9.17) is 26.2 Å². The van der Waals surface area contributed by atoms with Crippen molar-refractivity contribution in [2.75, 3.05) is 26.3 Å². The van der Waals surface area contributed by atoms with Crippen molar-refractivity contribution in [1.29, 1.82) is 0 Å². The minimum Gasteiger partial charge on any atom is -0.488 e. The topological polar surface area (TPSA) is 59.0 Å². The average molecular weight is 416 g/mol. The molecule has 4 rings (SSSR count). The molecule has 0 aromatic heterocycles. The van der Waals surface area contributed by atoms with Gasteiger partial charge in [-0.05, 0) is 47.7 Å². The number of carboxylic acids is 1. The average Bonchev–Trinajstić information content (AvgIpc) is 2.57. The van der Waals surface area contributed by atoms with E-state index < -0.39 is 5.97 Å². The first kappa shape index (κ1) is 20.2. The summed E-state index contributed by atoms with van der Waals surface area (Å²) in [4.78, 5) is 13.1. The minimum atomic E-state index is -0.702. The zero-order valence-corrected chi connectivity index (χ0v) is 17.5. The van der Waals surface area contributed by atoms with Crippen LogP contribution < -0.4 is 4.74 Å². The first-order chi connectivity index (χ1) is 13.9. The Balaban J connectivity index is 1.37. The summed E-state index contributed by atoms with van der Waals surface area (Å²) in [5.41, 5.74) is 5.55. The summed E-state index contributed by atoms with van der Waals surface area (Å²) in [6.45, 7) is 8.07. The SMILES string of the molecule is Cc1cc(CN2CC(C(=O)O)C2)cc(C)c1OCc1ccc(C2COC2)c(Cl)c1. The number of likely N-dealkylation sites (tertiary alicyclic amines) is 1. The van der Waals surface area contributed by atoms with Crippen LogP contribution in [-0.2, 0) is 22.7 Å². The van der Waals surface area contributed by atoms with Crippen molar-refractivity contribution in [3.63, 3.8) is 0 Å². The quantitative estimate of drug-likeness (QED) is 0.735. The zero-order chi connectivity index (χ0) is 20.5. The maximum Gasteiger partial charge on any atom is 0.309 e. The van der Waals surface area contributed by atoms with Gasteiger partial charge in [0, 0.05) is 30.6 Å². The first-order valence-electron chi connectivity index (χ1n) is 9.95. The molecule has 2 aromatic carbocycles. The largest absolute Gasteiger partial charge is 0.488 e. The van der Waals surface area contributed by atoms with Crippen LogP contribution in [0, 0.1) is 19.8 Å². The van der Waals surface area contributed by atoms with Crippen LogP contribution in [0.1, 0.15) is 33.7 Å². The van der Waals surface area contributed by atoms with Gasteiger partial charge in [-0.25, -0.2) is 0 Å². The number of ether oxygens (including phenoxy) is 2. The van der Waals surface area contributed by atoms with Crippen LogP contribution in [0.15, 0.2) is 30.3 Å². The lowest BCUT2D eigenvalue weighted by Gasteiger charge is -2.36. The Morgan fingerprint density at radius 3 is 2.41 bits per heavy atom. The zero-order valence-electron chi connectivity index (χ0n) is 16.8. The molecule has 0 atom stereocenters. The molecule has 0 aliphatic carbocycles. The van der Waals surface area contributed by atoms with Gasteiger partial charge in [0.15, 0.2) is 0 Å². The van der Waals surface area contributed by atoms with Crippen LogP contribution in [0.5, 0.6) is 5.75 Å². The molecule has 5 nitrogen and oxygen atoms in total. The lowest BCUT2D eigenvalue weighted by molar-refractivity contribution is -0.147. The lowest BCUT2D eigenvalue weighted by atomic mass is 9.96. The van der Waals surface area contributed by atoms with Gasteiger partial charge in [-0.1, -0.05) is 35.9 Å². The van der Waals surface area contributed by atoms with Gasteiger partial charge in [-0.3, -0.25) is 9.69 Å². The highest BCUT2D eigenvalue weighted by atomic mass is 35.5. The van der Waals surface area contributed by atoms with Gasteiger partial charge in [-0.2, -0.15) is 0 Å². The summed E-state index contributed by atoms with van der Waals surface area (Å²) in [6.07, 6.45) is 0. The Morgan fingerprint density at radius 1 is 1.17 bits per heavy atom. The number of carboxylic acid groups (broad SMARTS) is 1. The van der Waals surface area contributed by atoms with Crippen molar-refractivity contribution >= 4 is 17.6 Å². The third kappa shape index (κ3) is 4.42. The fourth-order valence-electron chi connectivity index (χ4n) is 4.03. The predicted octanol–water partition coefficient (Wildman–Crippen LogP) is 4.17. The maximum atomic E-state index is 11.0. The van der Waals surface area contributed by atoms with Gasteiger partial charge in [-0.15, -0.1) is 0 Å². The summed E-state index contributed by atoms with van der Waals surface area (Å²) in [5, 5.41) is 9.79. The van der Waals surface area contributed by atoms with E-state index in [-0.39, 0.29) is 5.92 Å². The van der Waals surface area contributed by atoms with E-state index in [9.17, 15) is 4.79 Å². The van der Waals surface area contributed by atoms with Crippen LogP contribution in [0.2, 0.25) is 5.02 Å². The summed E-state index contributed by atoms with van der Waals surface area (Å²) < 4.78 is 11.4. The Hall–Kier alpha value is -2.08. The smallest absolute Gasteiger partial charge is 0.309 e. The van der Waals surface area contributed by atoms with E-state index in [0.29, 0.717) is 25.6 Å². The van der Waals surface area contributed by atoms with Gasteiger partial charge < -0.3 is 14.6 Å². The number of hydrogen-bond acceptors (Lipinski definition) is 4. The second kappa shape index (κ2) is 8.34. The molecule has 29 heavy (non-hydrogen) atoms. The summed E-state index contributed by atoms with van der Waals surface area (Å²) >= 11 is 6.45. The molecule has 0 bridgehead atoms. The van der Waals surface area contributed by atoms with Crippen LogP contribution in [-0.4, -0.2) is 42.3 Å². The number of hydrogen-bond donors (Lipinski definition) is 1. The molecule has 2 aliphatic rings. The molecule has 154 valence electrons. The van der Waals surface area contributed by atoms with Crippen molar-refractivity contribution < 1.29 is 19.4 Å². The molecule has 2 aliphatic heterocycles. The standard InChI is InChI=1S/C23H26ClNO4/c1-14-5-17(8-25-9-18(10-25)23(26)27)6-15(2)22(14)29-11-16-3-4-20(21(24)7-16)19-12-28-13-19/h3-7,18-19H,8-13H2,1-2H3,(H,26,27). The Labute approximate surface area is 176 Å². The Kier molecular flexibility index (Phi) is 5.81. The van der Waals surface area contributed by atoms with Crippen molar-refractivity contribution in [2.24, 2.45) is 5.92 Å². The van der Waals surface area contributed by atoms with E-state index in [0.717, 1.165) is 52.8 Å². The Morgan fingerprint density at radius 2 is 1.86 bits per heavy atom. The highest BCUT2D eigenvalue weighted by Gasteiger charge is 2.32. The fraction of sp³-hybridized carbons (Fsp3) is 0.435. The van der Waals surface area contributed by atoms with Crippen LogP contribution >= 0.6 is 11.6 Å². The lowest BCUT2D eigenvalue weighted by Crippen LogP contribution is -2.49. The van der Waals surface area contributed by atoms with Gasteiger partial charge >= 0.3 is 5.97 Å². The monoisotopic (exact) mass is 415 g/mol. The number of benzene rings is 2. The number of carbonyl (C=O) groups is 1. The molecule has 0 unspecified atom stereocenters. The second-order valence-corrected chi connectivity index (χ2v) is 8.57. The maximum absolute atomic E-state index is 11.0. The van der Waals surface area contributed by atoms with Crippen molar-refractivity contribution in [3.05, 3.63) is 63.2 Å². The molecule has 0 amide bonds. The van der Waals surface area contributed by atoms with Gasteiger partial charge in [0.1, 0.15) is 12.4 Å². The molecule has 0 spiro atoms. The number of aryl methyl sites for hydroxylation is 2. The molecule has 6 heteroatoms. The van der Waals surface area contributed by atoms with Gasteiger partial charge in [0.2, 0.25) is 0 Å². The van der Waals surface area contributed by atoms with Crippen LogP contribution in [0.3, 0.4) is 0 Å². The summed E-state index contributed by atoms with van der Waals surface area (Å²) in [6, 6.07) is 10.4. The Bertz CT molecular complexity index is 896. The third-order valence-corrected chi connectivity index (χ3v) is 6.09. The van der Waals surface area contributed by atoms with Crippen LogP contribution in [0.4, 0.5) is 0 Å². The normalized spacial score (nSPS) is 17.6. The van der Waals surface area contributed by atoms with Crippen molar-refractivity contribution in [2.45, 2.75) is 32.9 Å². The van der Waals surface area contributed by atoms with E-state index in [1.807, 2.05) is 6.07 Å². The van der Waals surface area contributed by atoms with E-state index >= 15 is 0 Å². The predicted molar refractivity (Wildman–Crippen MR) is 112 cm³/mol. The number of rotatable bonds is 7. The highest BCUT2D eigenvalue weighted by molar-refractivity contribution is 6.31. The van der Waals surface area contributed by atoms with Gasteiger partial charge in [0.05, 0.1) is 19.1 Å². The molecule has 1 N–H and O–H groups in total. The summed E-state index contributed by atoms with van der Waals surface area (Å²) in [7, 11) is 0. The second-order valence-electron chi connectivity index (χ2n) is 8.17. The van der Waals surface area contributed by atoms with E-state index in [1.165, 1.54) is 5.56 Å². The number of aliphatic carboxylic acids is 1. The highest BCUT2D eigenvalue weighted by Crippen LogP contribution is 2.32. The number of nitrogens with zero attached hydrogens (tertiary/aromatic N) is 1. The molecule has 2 saturated heterocycles. The minimum absolute atomic E-state index is 0.227. The molecular weight excluding hydrogens is 390 g/mol. The van der Waals surface area contributed by atoms with Crippen LogP contribution in [0.25, 0.3) is 0 Å². The van der Waals surface area contributed by atoms with E-state index in [1.54, 1.807) is 0 Å². The van der Waals surface area contributed by atoms with E-state index in [2.05, 4.69) is 43.0 Å². The molecular formula is C23H26ClNO4. The number of halogens is 1. The fourth-order valence-corrected chi connectivity index (χ4v) is 4.39. The third-order valence-electron chi connectivity index (χ3n) is 5.76. The van der Waals surface area contributed by atoms with Crippen molar-refractivity contribution in [3.8, 4) is 5.75 Å². The molecule has 0 saturated carbocycles. The molecule has 2 fully saturated rings. The molecule has 0 radical (unpaired) electrons. The first-order valence-corrected chi connectivity index (χ1v) is 10.3.